The van der Waals surface area contributed by atoms with E-state index in [2.05, 4.69) is 37.3 Å². The molecule has 2 N–H and O–H groups in total. The Balaban J connectivity index is 1.70. The summed E-state index contributed by atoms with van der Waals surface area (Å²) >= 11 is 0. The van der Waals surface area contributed by atoms with Crippen LogP contribution >= 0.6 is 0 Å². The lowest BCUT2D eigenvalue weighted by Gasteiger charge is -2.25. The van der Waals surface area contributed by atoms with Crippen LogP contribution in [0.5, 0.6) is 5.75 Å². The first-order chi connectivity index (χ1) is 9.65. The second-order valence-electron chi connectivity index (χ2n) is 5.82. The summed E-state index contributed by atoms with van der Waals surface area (Å²) in [5.41, 5.74) is 10.1. The van der Waals surface area contributed by atoms with E-state index < -0.39 is 0 Å². The second-order valence-corrected chi connectivity index (χ2v) is 5.82. The first-order valence-corrected chi connectivity index (χ1v) is 7.24. The summed E-state index contributed by atoms with van der Waals surface area (Å²) in [6.07, 6.45) is 2.97. The Morgan fingerprint density at radius 3 is 2.75 bits per heavy atom. The first-order valence-electron chi connectivity index (χ1n) is 7.24. The Morgan fingerprint density at radius 1 is 1.15 bits per heavy atom. The van der Waals surface area contributed by atoms with Gasteiger partial charge < -0.3 is 10.5 Å². The van der Waals surface area contributed by atoms with Gasteiger partial charge in [0, 0.05) is 12.0 Å². The third-order valence-corrected chi connectivity index (χ3v) is 4.12. The molecule has 104 valence electrons. The maximum Gasteiger partial charge on any atom is 0.122 e. The molecule has 0 spiro atoms. The number of hydrogen-bond acceptors (Lipinski definition) is 2. The average Bonchev–Trinajstić information content (AvgIpc) is 2.94. The number of aryl methyl sites for hydroxylation is 1. The summed E-state index contributed by atoms with van der Waals surface area (Å²) < 4.78 is 5.54. The van der Waals surface area contributed by atoms with Gasteiger partial charge in [0.1, 0.15) is 5.75 Å². The van der Waals surface area contributed by atoms with Gasteiger partial charge in [0.25, 0.3) is 0 Å². The molecule has 0 bridgehead atoms. The normalized spacial score (nSPS) is 16.3. The van der Waals surface area contributed by atoms with Crippen LogP contribution in [0.15, 0.2) is 48.5 Å². The van der Waals surface area contributed by atoms with E-state index in [0.717, 1.165) is 31.6 Å². The molecule has 0 fully saturated rings. The molecule has 1 aliphatic heterocycles. The molecule has 2 aromatic carbocycles. The molecule has 1 aliphatic rings. The number of rotatable bonds is 4. The molecule has 3 rings (SSSR count). The van der Waals surface area contributed by atoms with E-state index in [-0.39, 0.29) is 5.54 Å². The van der Waals surface area contributed by atoms with Gasteiger partial charge in [-0.3, -0.25) is 0 Å². The molecule has 0 saturated heterocycles. The Morgan fingerprint density at radius 2 is 1.95 bits per heavy atom. The van der Waals surface area contributed by atoms with Gasteiger partial charge in [0.05, 0.1) is 6.61 Å². The molecular weight excluding hydrogens is 246 g/mol. The van der Waals surface area contributed by atoms with Crippen molar-refractivity contribution in [3.63, 3.8) is 0 Å². The van der Waals surface area contributed by atoms with Crippen molar-refractivity contribution in [1.29, 1.82) is 0 Å². The zero-order valence-corrected chi connectivity index (χ0v) is 11.9. The standard InChI is InChI=1S/C18H21NO/c1-18(19,16-5-3-2-4-6-16)11-9-14-7-8-17-15(13-14)10-12-20-17/h2-8,13H,9-12,19H2,1H3. The molecule has 0 radical (unpaired) electrons. The maximum atomic E-state index is 6.47. The topological polar surface area (TPSA) is 35.2 Å². The molecule has 20 heavy (non-hydrogen) atoms. The number of ether oxygens (including phenoxy) is 1. The number of hydrogen-bond donors (Lipinski definition) is 1. The third-order valence-electron chi connectivity index (χ3n) is 4.12. The number of benzene rings is 2. The first kappa shape index (κ1) is 13.2. The average molecular weight is 267 g/mol. The summed E-state index contributed by atoms with van der Waals surface area (Å²) in [5, 5.41) is 0. The Kier molecular flexibility index (Phi) is 3.49. The molecule has 0 amide bonds. The van der Waals surface area contributed by atoms with E-state index >= 15 is 0 Å². The molecule has 2 nitrogen and oxygen atoms in total. The number of nitrogens with two attached hydrogens (primary N) is 1. The van der Waals surface area contributed by atoms with Crippen LogP contribution in [-0.4, -0.2) is 6.61 Å². The zero-order chi connectivity index (χ0) is 14.0. The van der Waals surface area contributed by atoms with Crippen LogP contribution < -0.4 is 10.5 Å². The Labute approximate surface area is 120 Å². The molecular formula is C18H21NO. The van der Waals surface area contributed by atoms with E-state index in [1.54, 1.807) is 0 Å². The van der Waals surface area contributed by atoms with Crippen LogP contribution in [0.2, 0.25) is 0 Å². The van der Waals surface area contributed by atoms with Crippen LogP contribution in [0.3, 0.4) is 0 Å². The lowest BCUT2D eigenvalue weighted by Crippen LogP contribution is -2.33. The Hall–Kier alpha value is -1.80. The highest BCUT2D eigenvalue weighted by Gasteiger charge is 2.21. The highest BCUT2D eigenvalue weighted by atomic mass is 16.5. The smallest absolute Gasteiger partial charge is 0.122 e. The highest BCUT2D eigenvalue weighted by molar-refractivity contribution is 5.40. The molecule has 0 aromatic heterocycles. The van der Waals surface area contributed by atoms with E-state index in [1.807, 2.05) is 18.2 Å². The SMILES string of the molecule is CC(N)(CCc1ccc2c(c1)CCO2)c1ccccc1. The van der Waals surface area contributed by atoms with Crippen molar-refractivity contribution < 1.29 is 4.74 Å². The summed E-state index contributed by atoms with van der Waals surface area (Å²) in [4.78, 5) is 0. The van der Waals surface area contributed by atoms with Crippen LogP contribution in [0.1, 0.15) is 30.0 Å². The largest absolute Gasteiger partial charge is 0.493 e. The van der Waals surface area contributed by atoms with Gasteiger partial charge in [0.2, 0.25) is 0 Å². The quantitative estimate of drug-likeness (QED) is 0.921. The predicted octanol–water partition coefficient (Wildman–Crippen LogP) is 3.43. The zero-order valence-electron chi connectivity index (χ0n) is 11.9. The highest BCUT2D eigenvalue weighted by Crippen LogP contribution is 2.28. The molecule has 1 unspecified atom stereocenters. The fraction of sp³-hybridized carbons (Fsp3) is 0.333. The molecule has 2 heteroatoms. The maximum absolute atomic E-state index is 6.47. The van der Waals surface area contributed by atoms with Crippen LogP contribution in [0.4, 0.5) is 0 Å². The molecule has 0 saturated carbocycles. The van der Waals surface area contributed by atoms with Gasteiger partial charge in [-0.05, 0) is 42.5 Å². The number of fused-ring (bicyclic) bond motifs is 1. The summed E-state index contributed by atoms with van der Waals surface area (Å²) in [6, 6.07) is 16.9. The van der Waals surface area contributed by atoms with Crippen LogP contribution in [0, 0.1) is 0 Å². The van der Waals surface area contributed by atoms with Crippen molar-refractivity contribution in [2.45, 2.75) is 31.7 Å². The van der Waals surface area contributed by atoms with Gasteiger partial charge in [0.15, 0.2) is 0 Å². The van der Waals surface area contributed by atoms with Crippen molar-refractivity contribution in [3.8, 4) is 5.75 Å². The van der Waals surface area contributed by atoms with Crippen molar-refractivity contribution in [2.75, 3.05) is 6.61 Å². The van der Waals surface area contributed by atoms with Crippen LogP contribution in [0.25, 0.3) is 0 Å². The van der Waals surface area contributed by atoms with E-state index in [4.69, 9.17) is 10.5 Å². The summed E-state index contributed by atoms with van der Waals surface area (Å²) in [7, 11) is 0. The Bertz CT molecular complexity index is 590. The summed E-state index contributed by atoms with van der Waals surface area (Å²) in [6.45, 7) is 2.93. The minimum atomic E-state index is -0.281. The van der Waals surface area contributed by atoms with Crippen molar-refractivity contribution in [3.05, 3.63) is 65.2 Å². The van der Waals surface area contributed by atoms with Gasteiger partial charge in [-0.15, -0.1) is 0 Å². The summed E-state index contributed by atoms with van der Waals surface area (Å²) in [5.74, 6) is 1.05. The lowest BCUT2D eigenvalue weighted by molar-refractivity contribution is 0.357. The fourth-order valence-corrected chi connectivity index (χ4v) is 2.76. The minimum absolute atomic E-state index is 0.281. The lowest BCUT2D eigenvalue weighted by atomic mass is 9.87. The molecule has 2 aromatic rings. The van der Waals surface area contributed by atoms with Crippen molar-refractivity contribution in [1.82, 2.24) is 0 Å². The van der Waals surface area contributed by atoms with Crippen molar-refractivity contribution in [2.24, 2.45) is 5.73 Å². The third kappa shape index (κ3) is 2.70. The van der Waals surface area contributed by atoms with Gasteiger partial charge in [-0.1, -0.05) is 42.5 Å². The molecule has 1 heterocycles. The fourth-order valence-electron chi connectivity index (χ4n) is 2.76. The molecule has 0 aliphatic carbocycles. The van der Waals surface area contributed by atoms with Crippen LogP contribution in [-0.2, 0) is 18.4 Å². The van der Waals surface area contributed by atoms with Gasteiger partial charge in [-0.25, -0.2) is 0 Å². The minimum Gasteiger partial charge on any atom is -0.493 e. The predicted molar refractivity (Wildman–Crippen MR) is 81.9 cm³/mol. The van der Waals surface area contributed by atoms with Gasteiger partial charge in [-0.2, -0.15) is 0 Å². The molecule has 1 atom stereocenters. The monoisotopic (exact) mass is 267 g/mol. The van der Waals surface area contributed by atoms with E-state index in [0.29, 0.717) is 0 Å². The van der Waals surface area contributed by atoms with E-state index in [1.165, 1.54) is 16.7 Å². The van der Waals surface area contributed by atoms with Crippen molar-refractivity contribution >= 4 is 0 Å². The van der Waals surface area contributed by atoms with E-state index in [9.17, 15) is 0 Å². The van der Waals surface area contributed by atoms with Gasteiger partial charge >= 0.3 is 0 Å². The second kappa shape index (κ2) is 5.29.